The van der Waals surface area contributed by atoms with E-state index < -0.39 is 29.9 Å². The highest BCUT2D eigenvalue weighted by Gasteiger charge is 2.27. The molecule has 0 aliphatic carbocycles. The molecule has 0 radical (unpaired) electrons. The third-order valence-electron chi connectivity index (χ3n) is 6.42. The molecule has 5 N–H and O–H groups in total. The number of carboxylic acid groups (broad SMARTS) is 4. The molecule has 1 aliphatic heterocycles. The maximum atomic E-state index is 11.8. The first-order valence-electron chi connectivity index (χ1n) is 12.7. The van der Waals surface area contributed by atoms with Crippen LogP contribution in [0.5, 0.6) is 0 Å². The Morgan fingerprint density at radius 2 is 1.15 bits per heavy atom. The molecule has 14 nitrogen and oxygen atoms in total. The van der Waals surface area contributed by atoms with Crippen molar-refractivity contribution in [1.29, 1.82) is 0 Å². The largest absolute Gasteiger partial charge is 0.480 e. The van der Waals surface area contributed by atoms with Crippen LogP contribution in [-0.4, -0.2) is 154 Å². The van der Waals surface area contributed by atoms with Gasteiger partial charge in [0.2, 0.25) is 5.91 Å². The number of amides is 1. The van der Waals surface area contributed by atoms with Crippen molar-refractivity contribution in [3.63, 3.8) is 0 Å². The summed E-state index contributed by atoms with van der Waals surface area (Å²) in [6, 6.07) is 6.53. The van der Waals surface area contributed by atoms with Crippen LogP contribution >= 0.6 is 12.6 Å². The molecule has 0 unspecified atom stereocenters. The Kier molecular flexibility index (Phi) is 13.8. The Hall–Kier alpha value is -3.24. The van der Waals surface area contributed by atoms with Crippen LogP contribution in [0.1, 0.15) is 5.56 Å². The molecule has 2 rings (SSSR count). The predicted octanol–water partition coefficient (Wildman–Crippen LogP) is -0.974. The first-order valence-corrected chi connectivity index (χ1v) is 13.4. The van der Waals surface area contributed by atoms with Gasteiger partial charge in [0.25, 0.3) is 0 Å². The minimum atomic E-state index is -1.08. The summed E-state index contributed by atoms with van der Waals surface area (Å²) >= 11 is 3.94. The second-order valence-electron chi connectivity index (χ2n) is 9.59. The Bertz CT molecular complexity index is 1030. The summed E-state index contributed by atoms with van der Waals surface area (Å²) in [4.78, 5) is 64.6. The quantitative estimate of drug-likeness (QED) is 0.165. The molecule has 0 saturated carbocycles. The van der Waals surface area contributed by atoms with Crippen molar-refractivity contribution in [2.45, 2.75) is 12.5 Å². The van der Waals surface area contributed by atoms with Crippen molar-refractivity contribution in [2.75, 3.05) is 83.1 Å². The summed E-state index contributed by atoms with van der Waals surface area (Å²) in [5.41, 5.74) is 1.39. The number of benzene rings is 1. The van der Waals surface area contributed by atoms with Gasteiger partial charge >= 0.3 is 23.9 Å². The number of nitrogens with one attached hydrogen (secondary N) is 1. The van der Waals surface area contributed by atoms with Crippen LogP contribution in [0.3, 0.4) is 0 Å². The molecule has 1 amide bonds. The zero-order valence-corrected chi connectivity index (χ0v) is 23.0. The first-order chi connectivity index (χ1) is 18.9. The van der Waals surface area contributed by atoms with Gasteiger partial charge in [0.1, 0.15) is 0 Å². The third-order valence-corrected chi connectivity index (χ3v) is 6.71. The van der Waals surface area contributed by atoms with Crippen LogP contribution in [0.2, 0.25) is 0 Å². The van der Waals surface area contributed by atoms with Crippen molar-refractivity contribution in [1.82, 2.24) is 19.6 Å². The van der Waals surface area contributed by atoms with E-state index in [4.69, 9.17) is 0 Å². The van der Waals surface area contributed by atoms with Gasteiger partial charge in [-0.1, -0.05) is 12.1 Å². The number of nitrogens with zero attached hydrogens (tertiary/aromatic N) is 4. The summed E-state index contributed by atoms with van der Waals surface area (Å²) in [7, 11) is 0. The molecule has 1 aromatic carbocycles. The zero-order valence-electron chi connectivity index (χ0n) is 22.1. The molecule has 1 fully saturated rings. The number of hydrogen-bond acceptors (Lipinski definition) is 10. The van der Waals surface area contributed by atoms with E-state index in [1.807, 2.05) is 0 Å². The fraction of sp³-hybridized carbons (Fsp3) is 0.560. The number of aliphatic carboxylic acids is 4. The lowest BCUT2D eigenvalue weighted by atomic mass is 10.0. The van der Waals surface area contributed by atoms with E-state index in [9.17, 15) is 44.4 Å². The summed E-state index contributed by atoms with van der Waals surface area (Å²) in [5, 5.41) is 40.6. The molecule has 1 atom stereocenters. The maximum Gasteiger partial charge on any atom is 0.317 e. The zero-order chi connectivity index (χ0) is 29.7. The number of thiol groups is 1. The summed E-state index contributed by atoms with van der Waals surface area (Å²) in [6.45, 7) is 0.274. The second kappa shape index (κ2) is 16.8. The monoisotopic (exact) mass is 583 g/mol. The summed E-state index contributed by atoms with van der Waals surface area (Å²) < 4.78 is 0. The predicted molar refractivity (Wildman–Crippen MR) is 148 cm³/mol. The number of rotatable bonds is 12. The molecule has 222 valence electrons. The van der Waals surface area contributed by atoms with Crippen molar-refractivity contribution >= 4 is 48.1 Å². The SMILES string of the molecule is O=C(O)CN1CCN(CC(=O)O)CCN(CC(=O)O)[C@@H](Cc2ccc(NC(=O)CS)cc2)CN(CC(=O)O)CC1. The number of carboxylic acids is 4. The average molecular weight is 584 g/mol. The van der Waals surface area contributed by atoms with Crippen LogP contribution < -0.4 is 5.32 Å². The fourth-order valence-electron chi connectivity index (χ4n) is 4.55. The van der Waals surface area contributed by atoms with Crippen molar-refractivity contribution in [3.05, 3.63) is 29.8 Å². The summed E-state index contributed by atoms with van der Waals surface area (Å²) in [5.74, 6) is -4.51. The van der Waals surface area contributed by atoms with E-state index in [1.54, 1.807) is 43.9 Å². The smallest absolute Gasteiger partial charge is 0.317 e. The van der Waals surface area contributed by atoms with Gasteiger partial charge in [0.15, 0.2) is 0 Å². The van der Waals surface area contributed by atoms with Crippen molar-refractivity contribution in [2.24, 2.45) is 0 Å². The Balaban J connectivity index is 2.38. The lowest BCUT2D eigenvalue weighted by molar-refractivity contribution is -0.142. The third kappa shape index (κ3) is 12.7. The second-order valence-corrected chi connectivity index (χ2v) is 9.91. The van der Waals surface area contributed by atoms with Crippen LogP contribution in [0.25, 0.3) is 0 Å². The molecular formula is C25H37N5O9S. The molecule has 0 spiro atoms. The molecular weight excluding hydrogens is 546 g/mol. The van der Waals surface area contributed by atoms with Gasteiger partial charge in [-0.25, -0.2) is 0 Å². The molecule has 15 heteroatoms. The minimum Gasteiger partial charge on any atom is -0.480 e. The van der Waals surface area contributed by atoms with Gasteiger partial charge in [-0.15, -0.1) is 0 Å². The molecule has 0 aromatic heterocycles. The minimum absolute atomic E-state index is 0.0240. The van der Waals surface area contributed by atoms with Crippen molar-refractivity contribution in [3.8, 4) is 0 Å². The number of hydrogen-bond donors (Lipinski definition) is 6. The highest BCUT2D eigenvalue weighted by molar-refractivity contribution is 7.81. The highest BCUT2D eigenvalue weighted by Crippen LogP contribution is 2.16. The lowest BCUT2D eigenvalue weighted by Crippen LogP contribution is -2.53. The van der Waals surface area contributed by atoms with Crippen LogP contribution in [0.4, 0.5) is 5.69 Å². The highest BCUT2D eigenvalue weighted by atomic mass is 32.1. The fourth-order valence-corrected chi connectivity index (χ4v) is 4.63. The topological polar surface area (TPSA) is 191 Å². The molecule has 0 bridgehead atoms. The van der Waals surface area contributed by atoms with E-state index in [0.717, 1.165) is 5.56 Å². The van der Waals surface area contributed by atoms with E-state index in [2.05, 4.69) is 17.9 Å². The van der Waals surface area contributed by atoms with Crippen LogP contribution in [0.15, 0.2) is 24.3 Å². The number of anilines is 1. The standard InChI is InChI=1S/C25H37N5O9S/c31-21(17-40)26-19-3-1-18(2-4-19)11-20-12-29(15-24(36)37)8-7-27(13-22(32)33)5-6-28(14-23(34)35)9-10-30(20)16-25(38)39/h1-4,20,40H,5-17H2,(H,26,31)(H,32,33)(H,34,35)(H,36,37)(H,38,39)/t20-/m0/s1. The van der Waals surface area contributed by atoms with E-state index in [1.165, 1.54) is 0 Å². The van der Waals surface area contributed by atoms with Gasteiger partial charge in [-0.3, -0.25) is 43.6 Å². The van der Waals surface area contributed by atoms with Crippen LogP contribution in [-0.2, 0) is 30.4 Å². The lowest BCUT2D eigenvalue weighted by Gasteiger charge is -2.37. The van der Waals surface area contributed by atoms with E-state index in [0.29, 0.717) is 12.1 Å². The molecule has 1 aromatic rings. The Morgan fingerprint density at radius 3 is 1.62 bits per heavy atom. The number of carbonyl (C=O) groups excluding carboxylic acids is 1. The molecule has 1 saturated heterocycles. The molecule has 40 heavy (non-hydrogen) atoms. The Morgan fingerprint density at radius 1 is 0.700 bits per heavy atom. The normalized spacial score (nSPS) is 18.8. The van der Waals surface area contributed by atoms with E-state index >= 15 is 0 Å². The Labute approximate surface area is 237 Å². The number of carbonyl (C=O) groups is 5. The van der Waals surface area contributed by atoms with Gasteiger partial charge < -0.3 is 25.7 Å². The van der Waals surface area contributed by atoms with Gasteiger partial charge in [-0.05, 0) is 24.1 Å². The first kappa shape index (κ1) is 33.0. The van der Waals surface area contributed by atoms with Gasteiger partial charge in [0, 0.05) is 57.5 Å². The summed E-state index contributed by atoms with van der Waals surface area (Å²) in [6.07, 6.45) is 0.349. The van der Waals surface area contributed by atoms with E-state index in [-0.39, 0.29) is 83.7 Å². The van der Waals surface area contributed by atoms with Crippen molar-refractivity contribution < 1.29 is 44.4 Å². The molecule has 1 heterocycles. The van der Waals surface area contributed by atoms with Crippen LogP contribution in [0, 0.1) is 0 Å². The average Bonchev–Trinajstić information content (AvgIpc) is 2.86. The van der Waals surface area contributed by atoms with Gasteiger partial charge in [-0.2, -0.15) is 12.6 Å². The maximum absolute atomic E-state index is 11.8. The van der Waals surface area contributed by atoms with Gasteiger partial charge in [0.05, 0.1) is 31.9 Å². The molecule has 1 aliphatic rings.